The van der Waals surface area contributed by atoms with E-state index in [1.165, 1.54) is 23.1 Å². The highest BCUT2D eigenvalue weighted by Gasteiger charge is 2.17. The van der Waals surface area contributed by atoms with Crippen LogP contribution in [0, 0.1) is 0 Å². The highest BCUT2D eigenvalue weighted by molar-refractivity contribution is 8.00. The maximum absolute atomic E-state index is 12.5. The molecule has 0 aliphatic heterocycles. The summed E-state index contributed by atoms with van der Waals surface area (Å²) in [6.07, 6.45) is 1.71. The lowest BCUT2D eigenvalue weighted by Crippen LogP contribution is -2.22. The number of hydrogen-bond acceptors (Lipinski definition) is 8. The van der Waals surface area contributed by atoms with Gasteiger partial charge in [0.15, 0.2) is 5.13 Å². The van der Waals surface area contributed by atoms with Gasteiger partial charge in [-0.2, -0.15) is 0 Å². The van der Waals surface area contributed by atoms with E-state index in [9.17, 15) is 19.2 Å². The first kappa shape index (κ1) is 24.1. The minimum absolute atomic E-state index is 0.0463. The zero-order chi connectivity index (χ0) is 22.8. The summed E-state index contributed by atoms with van der Waals surface area (Å²) in [6, 6.07) is 6.84. The Kier molecular flexibility index (Phi) is 9.22. The predicted octanol–water partition coefficient (Wildman–Crippen LogP) is 2.95. The van der Waals surface area contributed by atoms with Crippen molar-refractivity contribution >= 4 is 57.7 Å². The van der Waals surface area contributed by atoms with Crippen LogP contribution in [0.15, 0.2) is 46.7 Å². The molecular formula is C20H21N3O6S2. The molecule has 9 nitrogen and oxygen atoms in total. The molecular weight excluding hydrogens is 442 g/mol. The number of anilines is 2. The number of aliphatic carboxylic acids is 1. The predicted molar refractivity (Wildman–Crippen MR) is 118 cm³/mol. The molecule has 1 aromatic heterocycles. The molecule has 11 heteroatoms. The number of carboxylic acids is 1. The van der Waals surface area contributed by atoms with Crippen molar-refractivity contribution in [2.75, 3.05) is 17.2 Å². The van der Waals surface area contributed by atoms with Gasteiger partial charge in [-0.15, -0.1) is 23.1 Å². The van der Waals surface area contributed by atoms with Crippen molar-refractivity contribution in [3.63, 3.8) is 0 Å². The number of esters is 1. The second kappa shape index (κ2) is 11.9. The first-order valence-corrected chi connectivity index (χ1v) is 10.9. The molecule has 1 aromatic carbocycles. The van der Waals surface area contributed by atoms with Crippen LogP contribution in [0.2, 0.25) is 0 Å². The van der Waals surface area contributed by atoms with Crippen LogP contribution in [0.3, 0.4) is 0 Å². The molecule has 0 saturated carbocycles. The third-order valence-electron chi connectivity index (χ3n) is 3.57. The van der Waals surface area contributed by atoms with Crippen molar-refractivity contribution in [1.29, 1.82) is 0 Å². The summed E-state index contributed by atoms with van der Waals surface area (Å²) < 4.78 is 4.88. The first-order chi connectivity index (χ1) is 14.8. The van der Waals surface area contributed by atoms with Gasteiger partial charge in [0.1, 0.15) is 0 Å². The summed E-state index contributed by atoms with van der Waals surface area (Å²) >= 11 is 2.50. The van der Waals surface area contributed by atoms with Gasteiger partial charge in [-0.25, -0.2) is 9.78 Å². The number of ether oxygens (including phenoxy) is 1. The van der Waals surface area contributed by atoms with Crippen molar-refractivity contribution in [1.82, 2.24) is 4.98 Å². The van der Waals surface area contributed by atoms with E-state index in [4.69, 9.17) is 9.84 Å². The van der Waals surface area contributed by atoms with Crippen molar-refractivity contribution in [3.05, 3.63) is 47.5 Å². The van der Waals surface area contributed by atoms with Gasteiger partial charge in [0.2, 0.25) is 11.8 Å². The van der Waals surface area contributed by atoms with Gasteiger partial charge in [-0.05, 0) is 32.0 Å². The molecule has 0 radical (unpaired) electrons. The van der Waals surface area contributed by atoms with Crippen LogP contribution in [-0.2, 0) is 30.3 Å². The van der Waals surface area contributed by atoms with Crippen LogP contribution < -0.4 is 10.6 Å². The largest absolute Gasteiger partial charge is 0.478 e. The Hall–Kier alpha value is -3.18. The summed E-state index contributed by atoms with van der Waals surface area (Å²) in [5, 5.41) is 15.5. The number of thiazole rings is 1. The fourth-order valence-electron chi connectivity index (χ4n) is 2.25. The van der Waals surface area contributed by atoms with E-state index < -0.39 is 17.1 Å². The fourth-order valence-corrected chi connectivity index (χ4v) is 3.89. The van der Waals surface area contributed by atoms with E-state index in [2.05, 4.69) is 15.6 Å². The quantitative estimate of drug-likeness (QED) is 0.278. The lowest BCUT2D eigenvalue weighted by molar-refractivity contribution is -0.142. The van der Waals surface area contributed by atoms with E-state index in [0.29, 0.717) is 23.1 Å². The first-order valence-electron chi connectivity index (χ1n) is 9.16. The van der Waals surface area contributed by atoms with Crippen LogP contribution in [0.5, 0.6) is 0 Å². The fraction of sp³-hybridized carbons (Fsp3) is 0.250. The zero-order valence-electron chi connectivity index (χ0n) is 16.8. The number of carboxylic acid groups (broad SMARTS) is 1. The molecule has 0 aliphatic carbocycles. The standard InChI is InChI=1S/C20H21N3O6S2/c1-3-29-18(27)10-14-11-30-20(22-14)23-19(28)12(2)31-15-6-4-5-13(9-15)21-16(24)7-8-17(25)26/h4-9,11-12H,3,10H2,1-2H3,(H,21,24)(H,25,26)(H,22,23,28)/b8-7+. The number of rotatable bonds is 10. The molecule has 1 atom stereocenters. The van der Waals surface area contributed by atoms with Crippen LogP contribution in [0.1, 0.15) is 19.5 Å². The summed E-state index contributed by atoms with van der Waals surface area (Å²) in [6.45, 7) is 3.75. The zero-order valence-corrected chi connectivity index (χ0v) is 18.4. The van der Waals surface area contributed by atoms with Gasteiger partial charge in [-0.3, -0.25) is 14.4 Å². The molecule has 164 valence electrons. The average Bonchev–Trinajstić information content (AvgIpc) is 3.13. The van der Waals surface area contributed by atoms with Gasteiger partial charge in [0, 0.05) is 28.1 Å². The number of thioether (sulfide) groups is 1. The van der Waals surface area contributed by atoms with Crippen LogP contribution in [0.4, 0.5) is 10.8 Å². The van der Waals surface area contributed by atoms with Crippen LogP contribution in [0.25, 0.3) is 0 Å². The summed E-state index contributed by atoms with van der Waals surface area (Å²) in [5.41, 5.74) is 1.00. The Labute approximate surface area is 186 Å². The van der Waals surface area contributed by atoms with Gasteiger partial charge in [0.25, 0.3) is 0 Å². The van der Waals surface area contributed by atoms with Crippen molar-refractivity contribution < 1.29 is 29.0 Å². The molecule has 0 aliphatic rings. The molecule has 3 N–H and O–H groups in total. The van der Waals surface area contributed by atoms with Gasteiger partial charge in [0.05, 0.1) is 24.0 Å². The number of benzene rings is 1. The van der Waals surface area contributed by atoms with Crippen molar-refractivity contribution in [2.24, 2.45) is 0 Å². The molecule has 2 rings (SSSR count). The topological polar surface area (TPSA) is 135 Å². The minimum atomic E-state index is -1.22. The Morgan fingerprint density at radius 3 is 2.74 bits per heavy atom. The lowest BCUT2D eigenvalue weighted by Gasteiger charge is -2.11. The van der Waals surface area contributed by atoms with E-state index >= 15 is 0 Å². The maximum Gasteiger partial charge on any atom is 0.328 e. The van der Waals surface area contributed by atoms with Gasteiger partial charge in [-0.1, -0.05) is 6.07 Å². The molecule has 2 aromatic rings. The number of aromatic nitrogens is 1. The number of amides is 2. The number of carbonyl (C=O) groups is 4. The second-order valence-electron chi connectivity index (χ2n) is 6.06. The molecule has 31 heavy (non-hydrogen) atoms. The number of carbonyl (C=O) groups excluding carboxylic acids is 3. The van der Waals surface area contributed by atoms with Crippen LogP contribution in [-0.4, -0.2) is 45.7 Å². The molecule has 0 spiro atoms. The molecule has 0 fully saturated rings. The Morgan fingerprint density at radius 1 is 1.26 bits per heavy atom. The Balaban J connectivity index is 1.91. The Bertz CT molecular complexity index is 989. The highest BCUT2D eigenvalue weighted by Crippen LogP contribution is 2.27. The third-order valence-corrected chi connectivity index (χ3v) is 5.47. The van der Waals surface area contributed by atoms with E-state index in [1.807, 2.05) is 0 Å². The molecule has 0 saturated heterocycles. The number of nitrogens with one attached hydrogen (secondary N) is 2. The third kappa shape index (κ3) is 8.60. The summed E-state index contributed by atoms with van der Waals surface area (Å²) in [4.78, 5) is 51.1. The van der Waals surface area contributed by atoms with Crippen molar-refractivity contribution in [3.8, 4) is 0 Å². The van der Waals surface area contributed by atoms with Crippen LogP contribution >= 0.6 is 23.1 Å². The number of nitrogens with zero attached hydrogens (tertiary/aromatic N) is 1. The number of hydrogen-bond donors (Lipinski definition) is 3. The van der Waals surface area contributed by atoms with E-state index in [0.717, 1.165) is 17.0 Å². The molecule has 1 heterocycles. The lowest BCUT2D eigenvalue weighted by atomic mass is 10.3. The monoisotopic (exact) mass is 463 g/mol. The van der Waals surface area contributed by atoms with Gasteiger partial charge < -0.3 is 20.5 Å². The highest BCUT2D eigenvalue weighted by atomic mass is 32.2. The Morgan fingerprint density at radius 2 is 2.03 bits per heavy atom. The van der Waals surface area contributed by atoms with E-state index in [1.54, 1.807) is 43.5 Å². The molecule has 2 amide bonds. The molecule has 1 unspecified atom stereocenters. The minimum Gasteiger partial charge on any atom is -0.478 e. The van der Waals surface area contributed by atoms with E-state index in [-0.39, 0.29) is 18.3 Å². The smallest absolute Gasteiger partial charge is 0.328 e. The molecule has 0 bridgehead atoms. The second-order valence-corrected chi connectivity index (χ2v) is 8.34. The summed E-state index contributed by atoms with van der Waals surface area (Å²) in [7, 11) is 0. The normalized spacial score (nSPS) is 11.7. The van der Waals surface area contributed by atoms with Crippen molar-refractivity contribution in [2.45, 2.75) is 30.4 Å². The van der Waals surface area contributed by atoms with Gasteiger partial charge >= 0.3 is 11.9 Å². The summed E-state index contributed by atoms with van der Waals surface area (Å²) in [5.74, 6) is -2.42. The average molecular weight is 464 g/mol. The maximum atomic E-state index is 12.5. The SMILES string of the molecule is CCOC(=O)Cc1csc(NC(=O)C(C)Sc2cccc(NC(=O)/C=C/C(=O)O)c2)n1.